The van der Waals surface area contributed by atoms with Crippen molar-refractivity contribution in [3.05, 3.63) is 11.1 Å². The number of carbonyl (C=O) groups excluding carboxylic acids is 1. The van der Waals surface area contributed by atoms with Crippen LogP contribution in [0.15, 0.2) is 11.1 Å². The summed E-state index contributed by atoms with van der Waals surface area (Å²) < 4.78 is 5.94. The zero-order chi connectivity index (χ0) is 17.9. The molecule has 0 unspecified atom stereocenters. The van der Waals surface area contributed by atoms with Crippen LogP contribution in [-0.2, 0) is 9.53 Å². The molecule has 2 rings (SSSR count). The van der Waals surface area contributed by atoms with Gasteiger partial charge in [0, 0.05) is 5.57 Å². The summed E-state index contributed by atoms with van der Waals surface area (Å²) in [5.41, 5.74) is 2.19. The number of carbonyl (C=O) groups is 1. The molecule has 25 heavy (non-hydrogen) atoms. The fraction of sp³-hybridized carbons (Fsp3) is 0.870. The van der Waals surface area contributed by atoms with Crippen molar-refractivity contribution in [2.75, 3.05) is 0 Å². The van der Waals surface area contributed by atoms with Crippen molar-refractivity contribution in [3.63, 3.8) is 0 Å². The molecule has 0 aromatic rings. The standard InChI is InChI=1S/C23H40O2/c1-19(21-15-11-7-3-4-8-12-16-21)20(2)23(24)25-22-17-13-9-5-6-10-14-18-22/h21-22H,3-18H2,1-2H3. The summed E-state index contributed by atoms with van der Waals surface area (Å²) in [6.45, 7) is 4.18. The third-order valence-electron chi connectivity index (χ3n) is 6.44. The molecule has 0 aromatic carbocycles. The van der Waals surface area contributed by atoms with Crippen LogP contribution in [0.2, 0.25) is 0 Å². The van der Waals surface area contributed by atoms with Crippen LogP contribution in [0.25, 0.3) is 0 Å². The Labute approximate surface area is 155 Å². The molecule has 0 aliphatic heterocycles. The molecule has 0 amide bonds. The molecule has 0 radical (unpaired) electrons. The lowest BCUT2D eigenvalue weighted by molar-refractivity contribution is -0.145. The number of allylic oxidation sites excluding steroid dienone is 1. The molecule has 0 bridgehead atoms. The fourth-order valence-electron chi connectivity index (χ4n) is 4.49. The Hall–Kier alpha value is -0.790. The lowest BCUT2D eigenvalue weighted by atomic mass is 9.87. The van der Waals surface area contributed by atoms with Gasteiger partial charge in [-0.25, -0.2) is 4.79 Å². The maximum Gasteiger partial charge on any atom is 0.333 e. The van der Waals surface area contributed by atoms with E-state index in [9.17, 15) is 4.79 Å². The van der Waals surface area contributed by atoms with Crippen LogP contribution < -0.4 is 0 Å². The van der Waals surface area contributed by atoms with E-state index in [-0.39, 0.29) is 12.1 Å². The molecule has 0 aromatic heterocycles. The van der Waals surface area contributed by atoms with Crippen molar-refractivity contribution in [2.24, 2.45) is 5.92 Å². The Balaban J connectivity index is 1.93. The van der Waals surface area contributed by atoms with E-state index in [0.717, 1.165) is 18.4 Å². The van der Waals surface area contributed by atoms with Gasteiger partial charge in [-0.05, 0) is 58.3 Å². The minimum Gasteiger partial charge on any atom is -0.459 e. The maximum atomic E-state index is 12.7. The number of ether oxygens (including phenoxy) is 1. The summed E-state index contributed by atoms with van der Waals surface area (Å²) in [5, 5.41) is 0. The quantitative estimate of drug-likeness (QED) is 0.401. The van der Waals surface area contributed by atoms with Crippen molar-refractivity contribution < 1.29 is 9.53 Å². The van der Waals surface area contributed by atoms with E-state index in [1.54, 1.807) is 0 Å². The first-order chi connectivity index (χ1) is 12.2. The summed E-state index contributed by atoms with van der Waals surface area (Å²) in [6, 6.07) is 0. The largest absolute Gasteiger partial charge is 0.459 e. The summed E-state index contributed by atoms with van der Waals surface area (Å²) in [7, 11) is 0. The SMILES string of the molecule is CC(C(=O)OC1CCCCCCCC1)=C(C)C1CCCCCCCC1. The van der Waals surface area contributed by atoms with Crippen LogP contribution in [0, 0.1) is 5.92 Å². The molecule has 2 saturated carbocycles. The van der Waals surface area contributed by atoms with E-state index >= 15 is 0 Å². The topological polar surface area (TPSA) is 26.3 Å². The zero-order valence-electron chi connectivity index (χ0n) is 16.8. The molecule has 2 fully saturated rings. The molecule has 144 valence electrons. The molecule has 0 heterocycles. The Morgan fingerprint density at radius 2 is 1.04 bits per heavy atom. The van der Waals surface area contributed by atoms with Crippen molar-refractivity contribution in [2.45, 2.75) is 123 Å². The molecule has 2 heteroatoms. The van der Waals surface area contributed by atoms with Gasteiger partial charge in [0.2, 0.25) is 0 Å². The first kappa shape index (κ1) is 20.5. The molecule has 2 aliphatic carbocycles. The van der Waals surface area contributed by atoms with E-state index in [2.05, 4.69) is 6.92 Å². The molecular formula is C23H40O2. The van der Waals surface area contributed by atoms with Crippen molar-refractivity contribution in [1.29, 1.82) is 0 Å². The highest BCUT2D eigenvalue weighted by molar-refractivity contribution is 5.88. The van der Waals surface area contributed by atoms with E-state index in [0.29, 0.717) is 5.92 Å². The molecule has 0 saturated heterocycles. The van der Waals surface area contributed by atoms with E-state index in [1.807, 2.05) is 6.92 Å². The Bertz CT molecular complexity index is 404. The fourth-order valence-corrected chi connectivity index (χ4v) is 4.49. The smallest absolute Gasteiger partial charge is 0.333 e. The maximum absolute atomic E-state index is 12.7. The normalized spacial score (nSPS) is 23.9. The highest BCUT2D eigenvalue weighted by Gasteiger charge is 2.21. The lowest BCUT2D eigenvalue weighted by Gasteiger charge is -2.21. The molecule has 0 atom stereocenters. The van der Waals surface area contributed by atoms with Gasteiger partial charge in [0.15, 0.2) is 0 Å². The van der Waals surface area contributed by atoms with Gasteiger partial charge in [-0.15, -0.1) is 0 Å². The first-order valence-electron chi connectivity index (χ1n) is 11.1. The van der Waals surface area contributed by atoms with Crippen LogP contribution in [0.3, 0.4) is 0 Å². The predicted octanol–water partition coefficient (Wildman–Crippen LogP) is 7.12. The third kappa shape index (κ3) is 7.54. The van der Waals surface area contributed by atoms with E-state index in [4.69, 9.17) is 4.74 Å². The van der Waals surface area contributed by atoms with Gasteiger partial charge >= 0.3 is 5.97 Å². The average Bonchev–Trinajstić information content (AvgIpc) is 2.83. The molecular weight excluding hydrogens is 308 g/mol. The number of rotatable bonds is 3. The van der Waals surface area contributed by atoms with Gasteiger partial charge in [0.1, 0.15) is 6.10 Å². The van der Waals surface area contributed by atoms with Crippen molar-refractivity contribution in [1.82, 2.24) is 0 Å². The minimum atomic E-state index is -0.0402. The second kappa shape index (κ2) is 11.8. The summed E-state index contributed by atoms with van der Waals surface area (Å²) in [5.74, 6) is 0.549. The molecule has 0 spiro atoms. The average molecular weight is 349 g/mol. The van der Waals surface area contributed by atoms with Gasteiger partial charge < -0.3 is 4.74 Å². The number of hydrogen-bond donors (Lipinski definition) is 0. The van der Waals surface area contributed by atoms with E-state index < -0.39 is 0 Å². The Morgan fingerprint density at radius 3 is 1.52 bits per heavy atom. The third-order valence-corrected chi connectivity index (χ3v) is 6.44. The molecule has 2 nitrogen and oxygen atoms in total. The van der Waals surface area contributed by atoms with Crippen LogP contribution in [0.1, 0.15) is 117 Å². The summed E-state index contributed by atoms with van der Waals surface area (Å²) in [6.07, 6.45) is 20.6. The van der Waals surface area contributed by atoms with Crippen molar-refractivity contribution in [3.8, 4) is 0 Å². The number of hydrogen-bond acceptors (Lipinski definition) is 2. The first-order valence-corrected chi connectivity index (χ1v) is 11.1. The van der Waals surface area contributed by atoms with Gasteiger partial charge in [-0.3, -0.25) is 0 Å². The Kier molecular flexibility index (Phi) is 9.65. The summed E-state index contributed by atoms with van der Waals surface area (Å²) in [4.78, 5) is 12.7. The zero-order valence-corrected chi connectivity index (χ0v) is 16.8. The number of esters is 1. The van der Waals surface area contributed by atoms with Gasteiger partial charge in [0.05, 0.1) is 0 Å². The van der Waals surface area contributed by atoms with Gasteiger partial charge in [-0.2, -0.15) is 0 Å². The van der Waals surface area contributed by atoms with Crippen LogP contribution in [0.5, 0.6) is 0 Å². The second-order valence-corrected chi connectivity index (χ2v) is 8.43. The van der Waals surface area contributed by atoms with Crippen LogP contribution in [-0.4, -0.2) is 12.1 Å². The highest BCUT2D eigenvalue weighted by atomic mass is 16.5. The highest BCUT2D eigenvalue weighted by Crippen LogP contribution is 2.30. The van der Waals surface area contributed by atoms with Crippen LogP contribution >= 0.6 is 0 Å². The predicted molar refractivity (Wildman–Crippen MR) is 106 cm³/mol. The van der Waals surface area contributed by atoms with Crippen molar-refractivity contribution >= 4 is 5.97 Å². The van der Waals surface area contributed by atoms with Gasteiger partial charge in [0.25, 0.3) is 0 Å². The molecule has 0 N–H and O–H groups in total. The monoisotopic (exact) mass is 348 g/mol. The minimum absolute atomic E-state index is 0.0402. The van der Waals surface area contributed by atoms with Gasteiger partial charge in [-0.1, -0.05) is 69.8 Å². The molecule has 2 aliphatic rings. The van der Waals surface area contributed by atoms with Crippen LogP contribution in [0.4, 0.5) is 0 Å². The second-order valence-electron chi connectivity index (χ2n) is 8.43. The lowest BCUT2D eigenvalue weighted by Crippen LogP contribution is -2.20. The summed E-state index contributed by atoms with van der Waals surface area (Å²) >= 11 is 0. The Morgan fingerprint density at radius 1 is 0.640 bits per heavy atom. The van der Waals surface area contributed by atoms with E-state index in [1.165, 1.54) is 95.5 Å².